The summed E-state index contributed by atoms with van der Waals surface area (Å²) < 4.78 is 14.6. The Bertz CT molecular complexity index is 569. The van der Waals surface area contributed by atoms with Gasteiger partial charge in [0.25, 0.3) is 0 Å². The van der Waals surface area contributed by atoms with Crippen LogP contribution < -0.4 is 10.2 Å². The largest absolute Gasteiger partial charge is 0.350 e. The van der Waals surface area contributed by atoms with Crippen LogP contribution in [0.25, 0.3) is 0 Å². The van der Waals surface area contributed by atoms with Gasteiger partial charge in [-0.3, -0.25) is 0 Å². The van der Waals surface area contributed by atoms with Crippen LogP contribution in [0.2, 0.25) is 0 Å². The zero-order chi connectivity index (χ0) is 15.4. The quantitative estimate of drug-likeness (QED) is 0.875. The van der Waals surface area contributed by atoms with Crippen LogP contribution in [-0.2, 0) is 6.54 Å². The van der Waals surface area contributed by atoms with E-state index in [0.717, 1.165) is 0 Å². The van der Waals surface area contributed by atoms with Crippen molar-refractivity contribution in [3.8, 4) is 0 Å². The van der Waals surface area contributed by atoms with Gasteiger partial charge in [0.05, 0.1) is 6.04 Å². The van der Waals surface area contributed by atoms with E-state index in [1.807, 2.05) is 37.2 Å². The van der Waals surface area contributed by atoms with Gasteiger partial charge in [0.1, 0.15) is 0 Å². The average molecular weight is 307 g/mol. The fourth-order valence-electron chi connectivity index (χ4n) is 2.07. The lowest BCUT2D eigenvalue weighted by Crippen LogP contribution is -2.25. The van der Waals surface area contributed by atoms with Gasteiger partial charge in [-0.1, -0.05) is 19.9 Å². The summed E-state index contributed by atoms with van der Waals surface area (Å²) in [5.41, 5.74) is 0.652. The molecule has 0 aliphatic heterocycles. The summed E-state index contributed by atoms with van der Waals surface area (Å²) in [5.74, 6) is 0.163. The molecule has 0 aliphatic carbocycles. The van der Waals surface area contributed by atoms with Gasteiger partial charge in [-0.2, -0.15) is 0 Å². The Balaban J connectivity index is 2.21. The molecule has 0 fully saturated rings. The Morgan fingerprint density at radius 1 is 1.33 bits per heavy atom. The summed E-state index contributed by atoms with van der Waals surface area (Å²) >= 11 is 1.67. The van der Waals surface area contributed by atoms with Crippen molar-refractivity contribution in [3.05, 3.63) is 46.0 Å². The summed E-state index contributed by atoms with van der Waals surface area (Å²) in [6.45, 7) is 6.67. The third-order valence-corrected chi connectivity index (χ3v) is 4.56. The van der Waals surface area contributed by atoms with Gasteiger partial charge in [-0.25, -0.2) is 9.37 Å². The molecule has 1 unspecified atom stereocenters. The van der Waals surface area contributed by atoms with Crippen molar-refractivity contribution in [2.24, 2.45) is 0 Å². The Kier molecular flexibility index (Phi) is 5.31. The number of rotatable bonds is 6. The Morgan fingerprint density at radius 3 is 2.71 bits per heavy atom. The summed E-state index contributed by atoms with van der Waals surface area (Å²) in [5, 5.41) is 5.28. The zero-order valence-corrected chi connectivity index (χ0v) is 13.7. The molecule has 1 N–H and O–H groups in total. The van der Waals surface area contributed by atoms with Crippen LogP contribution in [0.15, 0.2) is 29.8 Å². The van der Waals surface area contributed by atoms with E-state index < -0.39 is 0 Å². The van der Waals surface area contributed by atoms with E-state index in [4.69, 9.17) is 0 Å². The Morgan fingerprint density at radius 2 is 2.10 bits per heavy atom. The first kappa shape index (κ1) is 15.9. The molecule has 0 aromatic carbocycles. The van der Waals surface area contributed by atoms with Gasteiger partial charge in [-0.05, 0) is 24.4 Å². The van der Waals surface area contributed by atoms with Crippen molar-refractivity contribution in [2.75, 3.05) is 11.9 Å². The Labute approximate surface area is 129 Å². The van der Waals surface area contributed by atoms with E-state index in [9.17, 15) is 4.39 Å². The standard InChI is InChI=1S/C16H22FN3S/c1-11(2)19-10-13-7-8-18-16(15(13)17)20(4)12(3)14-6-5-9-21-14/h5-9,11-12,19H,10H2,1-4H3. The van der Waals surface area contributed by atoms with Gasteiger partial charge in [-0.15, -0.1) is 11.3 Å². The molecule has 0 bridgehead atoms. The van der Waals surface area contributed by atoms with Crippen LogP contribution in [0.1, 0.15) is 37.3 Å². The number of anilines is 1. The molecule has 21 heavy (non-hydrogen) atoms. The zero-order valence-electron chi connectivity index (χ0n) is 12.9. The third-order valence-electron chi connectivity index (χ3n) is 3.52. The van der Waals surface area contributed by atoms with Crippen LogP contribution in [0.3, 0.4) is 0 Å². The monoisotopic (exact) mass is 307 g/mol. The molecule has 0 saturated carbocycles. The van der Waals surface area contributed by atoms with E-state index in [-0.39, 0.29) is 11.9 Å². The van der Waals surface area contributed by atoms with Crippen LogP contribution in [0, 0.1) is 5.82 Å². The van der Waals surface area contributed by atoms with Crippen molar-refractivity contribution in [2.45, 2.75) is 39.4 Å². The predicted octanol–water partition coefficient (Wildman–Crippen LogP) is 3.98. The van der Waals surface area contributed by atoms with Crippen molar-refractivity contribution in [1.29, 1.82) is 0 Å². The molecule has 5 heteroatoms. The molecular weight excluding hydrogens is 285 g/mol. The lowest BCUT2D eigenvalue weighted by atomic mass is 10.2. The van der Waals surface area contributed by atoms with Crippen molar-refractivity contribution < 1.29 is 4.39 Å². The van der Waals surface area contributed by atoms with Crippen LogP contribution in [0.4, 0.5) is 10.2 Å². The lowest BCUT2D eigenvalue weighted by molar-refractivity contribution is 0.545. The second-order valence-corrected chi connectivity index (χ2v) is 6.42. The van der Waals surface area contributed by atoms with Crippen LogP contribution in [-0.4, -0.2) is 18.1 Å². The van der Waals surface area contributed by atoms with Crippen molar-refractivity contribution in [3.63, 3.8) is 0 Å². The molecule has 2 heterocycles. The minimum atomic E-state index is -0.239. The molecule has 0 radical (unpaired) electrons. The third kappa shape index (κ3) is 3.80. The molecule has 0 spiro atoms. The number of hydrogen-bond acceptors (Lipinski definition) is 4. The normalized spacial score (nSPS) is 12.7. The van der Waals surface area contributed by atoms with Gasteiger partial charge in [0, 0.05) is 36.3 Å². The summed E-state index contributed by atoms with van der Waals surface area (Å²) in [6.07, 6.45) is 1.67. The van der Waals surface area contributed by atoms with E-state index >= 15 is 0 Å². The summed E-state index contributed by atoms with van der Waals surface area (Å²) in [4.78, 5) is 7.31. The number of hydrogen-bond donors (Lipinski definition) is 1. The van der Waals surface area contributed by atoms with E-state index in [0.29, 0.717) is 24.0 Å². The second kappa shape index (κ2) is 7.00. The van der Waals surface area contributed by atoms with Gasteiger partial charge in [0.2, 0.25) is 0 Å². The Hall–Kier alpha value is -1.46. The van der Waals surface area contributed by atoms with Crippen LogP contribution in [0.5, 0.6) is 0 Å². The fourth-order valence-corrected chi connectivity index (χ4v) is 2.90. The number of pyridine rings is 1. The molecule has 2 aromatic heterocycles. The first-order valence-corrected chi connectivity index (χ1v) is 8.01. The molecule has 3 nitrogen and oxygen atoms in total. The maximum absolute atomic E-state index is 14.6. The predicted molar refractivity (Wildman–Crippen MR) is 87.3 cm³/mol. The number of nitrogens with one attached hydrogen (secondary N) is 1. The highest BCUT2D eigenvalue weighted by Crippen LogP contribution is 2.29. The first-order chi connectivity index (χ1) is 10.0. The average Bonchev–Trinajstić information content (AvgIpc) is 2.98. The highest BCUT2D eigenvalue weighted by Gasteiger charge is 2.19. The van der Waals surface area contributed by atoms with Gasteiger partial charge >= 0.3 is 0 Å². The smallest absolute Gasteiger partial charge is 0.170 e. The topological polar surface area (TPSA) is 28.2 Å². The summed E-state index contributed by atoms with van der Waals surface area (Å²) in [6, 6.07) is 6.23. The molecule has 114 valence electrons. The number of aromatic nitrogens is 1. The SMILES string of the molecule is CC(C)NCc1ccnc(N(C)C(C)c2cccs2)c1F. The molecule has 2 aromatic rings. The maximum atomic E-state index is 14.6. The molecular formula is C16H22FN3S. The molecule has 0 saturated heterocycles. The van der Waals surface area contributed by atoms with Gasteiger partial charge < -0.3 is 10.2 Å². The van der Waals surface area contributed by atoms with Crippen LogP contribution >= 0.6 is 11.3 Å². The van der Waals surface area contributed by atoms with E-state index in [2.05, 4.69) is 23.3 Å². The molecule has 0 amide bonds. The first-order valence-electron chi connectivity index (χ1n) is 7.13. The van der Waals surface area contributed by atoms with E-state index in [1.54, 1.807) is 23.6 Å². The molecule has 1 atom stereocenters. The lowest BCUT2D eigenvalue weighted by Gasteiger charge is -2.26. The summed E-state index contributed by atoms with van der Waals surface area (Å²) in [7, 11) is 1.88. The minimum Gasteiger partial charge on any atom is -0.350 e. The fraction of sp³-hybridized carbons (Fsp3) is 0.438. The van der Waals surface area contributed by atoms with Crippen molar-refractivity contribution in [1.82, 2.24) is 10.3 Å². The molecule has 0 aliphatic rings. The highest BCUT2D eigenvalue weighted by molar-refractivity contribution is 7.10. The maximum Gasteiger partial charge on any atom is 0.170 e. The highest BCUT2D eigenvalue weighted by atomic mass is 32.1. The molecule has 2 rings (SSSR count). The minimum absolute atomic E-state index is 0.0975. The number of halogens is 1. The number of thiophene rings is 1. The van der Waals surface area contributed by atoms with E-state index in [1.165, 1.54) is 4.88 Å². The second-order valence-electron chi connectivity index (χ2n) is 5.45. The number of nitrogens with zero attached hydrogens (tertiary/aromatic N) is 2. The van der Waals surface area contributed by atoms with Gasteiger partial charge in [0.15, 0.2) is 11.6 Å². The van der Waals surface area contributed by atoms with Crippen molar-refractivity contribution >= 4 is 17.2 Å².